The number of ether oxygens (including phenoxy) is 1. The van der Waals surface area contributed by atoms with Gasteiger partial charge in [0.2, 0.25) is 5.88 Å². The van der Waals surface area contributed by atoms with Gasteiger partial charge >= 0.3 is 0 Å². The van der Waals surface area contributed by atoms with E-state index >= 15 is 0 Å². The van der Waals surface area contributed by atoms with Crippen LogP contribution < -0.4 is 10.5 Å². The van der Waals surface area contributed by atoms with Gasteiger partial charge in [0.15, 0.2) is 0 Å². The van der Waals surface area contributed by atoms with E-state index in [0.29, 0.717) is 23.7 Å². The minimum atomic E-state index is -0.129. The minimum absolute atomic E-state index is 0.129. The van der Waals surface area contributed by atoms with Gasteiger partial charge in [0, 0.05) is 5.54 Å². The average molecular weight is 234 g/mol. The Bertz CT molecular complexity index is 435. The Kier molecular flexibility index (Phi) is 3.92. The van der Waals surface area contributed by atoms with Crippen molar-refractivity contribution in [3.63, 3.8) is 0 Å². The van der Waals surface area contributed by atoms with Crippen LogP contribution in [0.25, 0.3) is 0 Å². The van der Waals surface area contributed by atoms with Crippen molar-refractivity contribution in [3.8, 4) is 11.9 Å². The molecule has 0 aliphatic heterocycles. The Labute approximate surface area is 102 Å². The standard InChI is InChI=1S/C12H18N4O/c1-12(2,16(3)4)8-17-11-9(6-13)5-10(14)7-15-11/h5,7H,8,14H2,1-4H3. The van der Waals surface area contributed by atoms with E-state index in [0.717, 1.165) is 0 Å². The van der Waals surface area contributed by atoms with Crippen molar-refractivity contribution in [2.24, 2.45) is 0 Å². The number of hydrogen-bond donors (Lipinski definition) is 1. The van der Waals surface area contributed by atoms with Gasteiger partial charge < -0.3 is 15.4 Å². The van der Waals surface area contributed by atoms with E-state index in [1.807, 2.05) is 20.2 Å². The molecule has 0 fully saturated rings. The zero-order valence-corrected chi connectivity index (χ0v) is 10.7. The lowest BCUT2D eigenvalue weighted by Gasteiger charge is -2.31. The third-order valence-corrected chi connectivity index (χ3v) is 2.77. The van der Waals surface area contributed by atoms with Crippen molar-refractivity contribution in [3.05, 3.63) is 17.8 Å². The second-order valence-electron chi connectivity index (χ2n) is 4.73. The Morgan fingerprint density at radius 3 is 2.71 bits per heavy atom. The molecule has 0 aromatic carbocycles. The summed E-state index contributed by atoms with van der Waals surface area (Å²) in [6.45, 7) is 4.55. The van der Waals surface area contributed by atoms with E-state index in [1.165, 1.54) is 6.20 Å². The maximum absolute atomic E-state index is 8.95. The van der Waals surface area contributed by atoms with Crippen LogP contribution in [0.5, 0.6) is 5.88 Å². The highest BCUT2D eigenvalue weighted by Gasteiger charge is 2.22. The predicted molar refractivity (Wildman–Crippen MR) is 66.6 cm³/mol. The fourth-order valence-electron chi connectivity index (χ4n) is 1.04. The lowest BCUT2D eigenvalue weighted by atomic mass is 10.1. The second kappa shape index (κ2) is 5.02. The van der Waals surface area contributed by atoms with Crippen LogP contribution in [0.3, 0.4) is 0 Å². The maximum atomic E-state index is 8.95. The number of nitrogens with zero attached hydrogens (tertiary/aromatic N) is 3. The maximum Gasteiger partial charge on any atom is 0.231 e. The molecule has 1 aromatic rings. The van der Waals surface area contributed by atoms with Gasteiger partial charge in [-0.25, -0.2) is 4.98 Å². The molecule has 5 nitrogen and oxygen atoms in total. The van der Waals surface area contributed by atoms with Gasteiger partial charge in [-0.05, 0) is 34.0 Å². The number of hydrogen-bond acceptors (Lipinski definition) is 5. The molecular weight excluding hydrogens is 216 g/mol. The highest BCUT2D eigenvalue weighted by Crippen LogP contribution is 2.19. The van der Waals surface area contributed by atoms with Gasteiger partial charge in [-0.1, -0.05) is 0 Å². The summed E-state index contributed by atoms with van der Waals surface area (Å²) in [5.41, 5.74) is 6.25. The number of likely N-dealkylation sites (N-methyl/N-ethyl adjacent to an activating group) is 1. The molecule has 2 N–H and O–H groups in total. The smallest absolute Gasteiger partial charge is 0.231 e. The molecule has 0 unspecified atom stereocenters. The Morgan fingerprint density at radius 2 is 2.18 bits per heavy atom. The van der Waals surface area contributed by atoms with E-state index in [4.69, 9.17) is 15.7 Å². The number of nitriles is 1. The fraction of sp³-hybridized carbons (Fsp3) is 0.500. The number of pyridine rings is 1. The van der Waals surface area contributed by atoms with Gasteiger partial charge in [0.25, 0.3) is 0 Å². The normalized spacial score (nSPS) is 11.3. The number of rotatable bonds is 4. The Balaban J connectivity index is 2.80. The first-order valence-electron chi connectivity index (χ1n) is 5.32. The molecule has 0 spiro atoms. The van der Waals surface area contributed by atoms with E-state index in [1.54, 1.807) is 6.07 Å². The summed E-state index contributed by atoms with van der Waals surface area (Å²) < 4.78 is 5.58. The van der Waals surface area contributed by atoms with Crippen LogP contribution in [0.4, 0.5) is 5.69 Å². The summed E-state index contributed by atoms with van der Waals surface area (Å²) in [7, 11) is 3.95. The van der Waals surface area contributed by atoms with Crippen molar-refractivity contribution in [1.29, 1.82) is 5.26 Å². The third-order valence-electron chi connectivity index (χ3n) is 2.77. The summed E-state index contributed by atoms with van der Waals surface area (Å²) in [4.78, 5) is 6.08. The largest absolute Gasteiger partial charge is 0.475 e. The van der Waals surface area contributed by atoms with E-state index in [-0.39, 0.29) is 5.54 Å². The van der Waals surface area contributed by atoms with E-state index < -0.39 is 0 Å². The SMILES string of the molecule is CN(C)C(C)(C)COc1ncc(N)cc1C#N. The summed E-state index contributed by atoms with van der Waals surface area (Å²) in [6, 6.07) is 3.58. The van der Waals surface area contributed by atoms with Crippen LogP contribution in [0, 0.1) is 11.3 Å². The van der Waals surface area contributed by atoms with Crippen molar-refractivity contribution < 1.29 is 4.74 Å². The quantitative estimate of drug-likeness (QED) is 0.848. The van der Waals surface area contributed by atoms with Crippen molar-refractivity contribution in [2.75, 3.05) is 26.4 Å². The summed E-state index contributed by atoms with van der Waals surface area (Å²) in [5, 5.41) is 8.95. The van der Waals surface area contributed by atoms with Gasteiger partial charge in [0.05, 0.1) is 11.9 Å². The zero-order chi connectivity index (χ0) is 13.1. The molecule has 0 atom stereocenters. The molecule has 1 aromatic heterocycles. The van der Waals surface area contributed by atoms with E-state index in [2.05, 4.69) is 23.7 Å². The first-order valence-corrected chi connectivity index (χ1v) is 5.32. The number of aromatic nitrogens is 1. The van der Waals surface area contributed by atoms with Crippen LogP contribution in [0.2, 0.25) is 0 Å². The Morgan fingerprint density at radius 1 is 1.53 bits per heavy atom. The topological polar surface area (TPSA) is 75.2 Å². The monoisotopic (exact) mass is 234 g/mol. The molecule has 0 radical (unpaired) electrons. The molecule has 92 valence electrons. The molecule has 1 heterocycles. The van der Waals surface area contributed by atoms with E-state index in [9.17, 15) is 0 Å². The van der Waals surface area contributed by atoms with Crippen molar-refractivity contribution >= 4 is 5.69 Å². The highest BCUT2D eigenvalue weighted by atomic mass is 16.5. The Hall–Kier alpha value is -1.80. The molecule has 0 amide bonds. The van der Waals surface area contributed by atoms with Crippen LogP contribution in [0.1, 0.15) is 19.4 Å². The first-order chi connectivity index (χ1) is 7.86. The molecular formula is C12H18N4O. The minimum Gasteiger partial charge on any atom is -0.475 e. The fourth-order valence-corrected chi connectivity index (χ4v) is 1.04. The van der Waals surface area contributed by atoms with Crippen LogP contribution in [0.15, 0.2) is 12.3 Å². The average Bonchev–Trinajstić information content (AvgIpc) is 2.27. The molecule has 5 heteroatoms. The lowest BCUT2D eigenvalue weighted by molar-refractivity contribution is 0.111. The van der Waals surface area contributed by atoms with Crippen LogP contribution >= 0.6 is 0 Å². The second-order valence-corrected chi connectivity index (χ2v) is 4.73. The molecule has 1 rings (SSSR count). The third kappa shape index (κ3) is 3.33. The van der Waals surface area contributed by atoms with Gasteiger partial charge in [-0.2, -0.15) is 5.26 Å². The van der Waals surface area contributed by atoms with Crippen molar-refractivity contribution in [1.82, 2.24) is 9.88 Å². The number of nitrogen functional groups attached to an aromatic ring is 1. The van der Waals surface area contributed by atoms with Crippen LogP contribution in [-0.4, -0.2) is 36.1 Å². The molecule has 0 saturated carbocycles. The molecule has 0 bridgehead atoms. The summed E-state index contributed by atoms with van der Waals surface area (Å²) >= 11 is 0. The zero-order valence-electron chi connectivity index (χ0n) is 10.7. The van der Waals surface area contributed by atoms with Gasteiger partial charge in [0.1, 0.15) is 18.2 Å². The van der Waals surface area contributed by atoms with Crippen LogP contribution in [-0.2, 0) is 0 Å². The summed E-state index contributed by atoms with van der Waals surface area (Å²) in [6.07, 6.45) is 1.48. The molecule has 0 aliphatic carbocycles. The molecule has 0 aliphatic rings. The highest BCUT2D eigenvalue weighted by molar-refractivity contribution is 5.48. The molecule has 17 heavy (non-hydrogen) atoms. The summed E-state index contributed by atoms with van der Waals surface area (Å²) in [5.74, 6) is 0.330. The molecule has 0 saturated heterocycles. The van der Waals surface area contributed by atoms with Gasteiger partial charge in [-0.15, -0.1) is 0 Å². The number of anilines is 1. The predicted octanol–water partition coefficient (Wildman–Crippen LogP) is 1.25. The van der Waals surface area contributed by atoms with Gasteiger partial charge in [-0.3, -0.25) is 0 Å². The lowest BCUT2D eigenvalue weighted by Crippen LogP contribution is -2.43. The van der Waals surface area contributed by atoms with Crippen molar-refractivity contribution in [2.45, 2.75) is 19.4 Å². The first kappa shape index (κ1) is 13.3. The number of nitrogens with two attached hydrogens (primary N) is 1.